The van der Waals surface area contributed by atoms with Gasteiger partial charge in [0.05, 0.1) is 17.8 Å². The Hall–Kier alpha value is -2.60. The van der Waals surface area contributed by atoms with Crippen LogP contribution in [0.2, 0.25) is 5.02 Å². The molecule has 0 aliphatic carbocycles. The second-order valence-electron chi connectivity index (χ2n) is 5.88. The molecule has 130 valence electrons. The molecule has 2 aromatic rings. The number of benzene rings is 2. The standard InChI is InChI=1S/C18H17ClN2O4/c1-23-15-4-2-3-11-9-21(6-5-12(11)15)18(22)20-14-8-17-16(7-13(14)19)24-10-25-17/h2-4,7-8H,5-6,9-10H2,1H3,(H,20,22). The molecular formula is C18H17ClN2O4. The molecule has 0 fully saturated rings. The number of fused-ring (bicyclic) bond motifs is 2. The maximum absolute atomic E-state index is 12.6. The van der Waals surface area contributed by atoms with Gasteiger partial charge in [0.2, 0.25) is 6.79 Å². The van der Waals surface area contributed by atoms with Crippen molar-refractivity contribution in [3.8, 4) is 17.2 Å². The normalized spacial score (nSPS) is 14.9. The highest BCUT2D eigenvalue weighted by Crippen LogP contribution is 2.39. The molecule has 0 spiro atoms. The summed E-state index contributed by atoms with van der Waals surface area (Å²) in [4.78, 5) is 14.4. The summed E-state index contributed by atoms with van der Waals surface area (Å²) >= 11 is 6.23. The first-order chi connectivity index (χ1) is 12.2. The van der Waals surface area contributed by atoms with E-state index in [9.17, 15) is 4.79 Å². The molecule has 0 atom stereocenters. The van der Waals surface area contributed by atoms with Gasteiger partial charge in [-0.05, 0) is 18.1 Å². The van der Waals surface area contributed by atoms with Gasteiger partial charge in [0.25, 0.3) is 0 Å². The molecule has 2 aliphatic rings. The number of hydrogen-bond acceptors (Lipinski definition) is 4. The van der Waals surface area contributed by atoms with Gasteiger partial charge in [-0.3, -0.25) is 0 Å². The van der Waals surface area contributed by atoms with Gasteiger partial charge in [-0.15, -0.1) is 0 Å². The van der Waals surface area contributed by atoms with Crippen LogP contribution in [0, 0.1) is 0 Å². The first-order valence-electron chi connectivity index (χ1n) is 7.95. The lowest BCUT2D eigenvalue weighted by Gasteiger charge is -2.30. The lowest BCUT2D eigenvalue weighted by atomic mass is 9.99. The number of nitrogens with zero attached hydrogens (tertiary/aromatic N) is 1. The van der Waals surface area contributed by atoms with Crippen molar-refractivity contribution < 1.29 is 19.0 Å². The third-order valence-corrected chi connectivity index (χ3v) is 4.75. The Morgan fingerprint density at radius 3 is 2.88 bits per heavy atom. The Morgan fingerprint density at radius 2 is 2.08 bits per heavy atom. The van der Waals surface area contributed by atoms with E-state index in [1.807, 2.05) is 18.2 Å². The van der Waals surface area contributed by atoms with Crippen molar-refractivity contribution in [2.45, 2.75) is 13.0 Å². The molecule has 25 heavy (non-hydrogen) atoms. The number of ether oxygens (including phenoxy) is 3. The molecular weight excluding hydrogens is 344 g/mol. The van der Waals surface area contributed by atoms with E-state index in [1.54, 1.807) is 24.1 Å². The quantitative estimate of drug-likeness (QED) is 0.887. The van der Waals surface area contributed by atoms with Crippen LogP contribution in [0.1, 0.15) is 11.1 Å². The molecule has 6 nitrogen and oxygen atoms in total. The number of carbonyl (C=O) groups excluding carboxylic acids is 1. The van der Waals surface area contributed by atoms with Gasteiger partial charge in [-0.25, -0.2) is 4.79 Å². The highest BCUT2D eigenvalue weighted by atomic mass is 35.5. The van der Waals surface area contributed by atoms with E-state index in [1.165, 1.54) is 0 Å². The summed E-state index contributed by atoms with van der Waals surface area (Å²) in [6.07, 6.45) is 0.752. The fourth-order valence-electron chi connectivity index (χ4n) is 3.15. The maximum Gasteiger partial charge on any atom is 0.322 e. The summed E-state index contributed by atoms with van der Waals surface area (Å²) in [7, 11) is 1.66. The molecule has 0 aromatic heterocycles. The van der Waals surface area contributed by atoms with Gasteiger partial charge < -0.3 is 24.4 Å². The minimum atomic E-state index is -0.200. The van der Waals surface area contributed by atoms with Crippen LogP contribution in [0.25, 0.3) is 0 Å². The lowest BCUT2D eigenvalue weighted by molar-refractivity contribution is 0.174. The van der Waals surface area contributed by atoms with Crippen LogP contribution in [-0.2, 0) is 13.0 Å². The summed E-state index contributed by atoms with van der Waals surface area (Å²) in [6, 6.07) is 9.04. The summed E-state index contributed by atoms with van der Waals surface area (Å²) in [5.41, 5.74) is 2.76. The number of rotatable bonds is 2. The van der Waals surface area contributed by atoms with Crippen LogP contribution in [0.5, 0.6) is 17.2 Å². The monoisotopic (exact) mass is 360 g/mol. The number of halogens is 1. The summed E-state index contributed by atoms with van der Waals surface area (Å²) < 4.78 is 16.0. The van der Waals surface area contributed by atoms with Crippen LogP contribution >= 0.6 is 11.6 Å². The van der Waals surface area contributed by atoms with Crippen LogP contribution in [0.3, 0.4) is 0 Å². The molecule has 2 amide bonds. The largest absolute Gasteiger partial charge is 0.496 e. The third kappa shape index (κ3) is 2.93. The van der Waals surface area contributed by atoms with Crippen LogP contribution in [0.15, 0.2) is 30.3 Å². The van der Waals surface area contributed by atoms with Crippen LogP contribution < -0.4 is 19.5 Å². The van der Waals surface area contributed by atoms with E-state index < -0.39 is 0 Å². The molecule has 7 heteroatoms. The second kappa shape index (κ2) is 6.37. The summed E-state index contributed by atoms with van der Waals surface area (Å²) in [5.74, 6) is 2.03. The van der Waals surface area contributed by atoms with E-state index in [0.717, 1.165) is 23.3 Å². The van der Waals surface area contributed by atoms with E-state index >= 15 is 0 Å². The second-order valence-corrected chi connectivity index (χ2v) is 6.29. The number of methoxy groups -OCH3 is 1. The van der Waals surface area contributed by atoms with Crippen molar-refractivity contribution in [3.05, 3.63) is 46.5 Å². The molecule has 0 unspecified atom stereocenters. The van der Waals surface area contributed by atoms with Crippen molar-refractivity contribution in [3.63, 3.8) is 0 Å². The van der Waals surface area contributed by atoms with Gasteiger partial charge in [0.15, 0.2) is 11.5 Å². The Morgan fingerprint density at radius 1 is 1.28 bits per heavy atom. The molecule has 2 aromatic carbocycles. The summed E-state index contributed by atoms with van der Waals surface area (Å²) in [6.45, 7) is 1.30. The number of hydrogen-bond donors (Lipinski definition) is 1. The number of anilines is 1. The van der Waals surface area contributed by atoms with Gasteiger partial charge in [-0.1, -0.05) is 23.7 Å². The first kappa shape index (κ1) is 15.9. The Balaban J connectivity index is 1.51. The molecule has 0 saturated heterocycles. The van der Waals surface area contributed by atoms with Gasteiger partial charge >= 0.3 is 6.03 Å². The van der Waals surface area contributed by atoms with Crippen molar-refractivity contribution in [1.29, 1.82) is 0 Å². The molecule has 1 N–H and O–H groups in total. The first-order valence-corrected chi connectivity index (χ1v) is 8.33. The summed E-state index contributed by atoms with van der Waals surface area (Å²) in [5, 5.41) is 3.27. The number of nitrogens with one attached hydrogen (secondary N) is 1. The molecule has 0 saturated carbocycles. The minimum absolute atomic E-state index is 0.161. The fourth-order valence-corrected chi connectivity index (χ4v) is 3.35. The molecule has 0 bridgehead atoms. The van der Waals surface area contributed by atoms with E-state index in [0.29, 0.717) is 35.3 Å². The average molecular weight is 361 g/mol. The topological polar surface area (TPSA) is 60.0 Å². The number of carbonyl (C=O) groups is 1. The smallest absolute Gasteiger partial charge is 0.322 e. The molecule has 0 radical (unpaired) electrons. The molecule has 2 aliphatic heterocycles. The number of urea groups is 1. The third-order valence-electron chi connectivity index (χ3n) is 4.43. The van der Waals surface area contributed by atoms with Crippen LogP contribution in [0.4, 0.5) is 10.5 Å². The highest BCUT2D eigenvalue weighted by Gasteiger charge is 2.24. The Labute approximate surface area is 150 Å². The van der Waals surface area contributed by atoms with Crippen molar-refractivity contribution in [1.82, 2.24) is 4.90 Å². The number of amides is 2. The van der Waals surface area contributed by atoms with Crippen LogP contribution in [-0.4, -0.2) is 31.4 Å². The highest BCUT2D eigenvalue weighted by molar-refractivity contribution is 6.34. The minimum Gasteiger partial charge on any atom is -0.496 e. The molecule has 4 rings (SSSR count). The predicted molar refractivity (Wildman–Crippen MR) is 93.7 cm³/mol. The lowest BCUT2D eigenvalue weighted by Crippen LogP contribution is -2.39. The van der Waals surface area contributed by atoms with Gasteiger partial charge in [0, 0.05) is 30.8 Å². The van der Waals surface area contributed by atoms with Gasteiger partial charge in [-0.2, -0.15) is 0 Å². The Bertz CT molecular complexity index is 840. The zero-order valence-corrected chi connectivity index (χ0v) is 14.4. The van der Waals surface area contributed by atoms with E-state index in [2.05, 4.69) is 5.32 Å². The van der Waals surface area contributed by atoms with Gasteiger partial charge in [0.1, 0.15) is 5.75 Å². The maximum atomic E-state index is 12.6. The van der Waals surface area contributed by atoms with E-state index in [-0.39, 0.29) is 12.8 Å². The molecule has 2 heterocycles. The van der Waals surface area contributed by atoms with Crippen molar-refractivity contribution in [2.75, 3.05) is 25.8 Å². The zero-order valence-electron chi connectivity index (χ0n) is 13.7. The van der Waals surface area contributed by atoms with Crippen molar-refractivity contribution in [2.24, 2.45) is 0 Å². The fraction of sp³-hybridized carbons (Fsp3) is 0.278. The predicted octanol–water partition coefficient (Wildman–Crippen LogP) is 3.67. The SMILES string of the molecule is COc1cccc2c1CCN(C(=O)Nc1cc3c(cc1Cl)OCO3)C2. The Kier molecular flexibility index (Phi) is 4.05. The van der Waals surface area contributed by atoms with Crippen molar-refractivity contribution >= 4 is 23.3 Å². The van der Waals surface area contributed by atoms with E-state index in [4.69, 9.17) is 25.8 Å². The average Bonchev–Trinajstić information content (AvgIpc) is 3.07. The zero-order chi connectivity index (χ0) is 17.4.